The average Bonchev–Trinajstić information content (AvgIpc) is 2.08. The highest BCUT2D eigenvalue weighted by atomic mass is 127. The van der Waals surface area contributed by atoms with Crippen molar-refractivity contribution in [1.29, 1.82) is 0 Å². The summed E-state index contributed by atoms with van der Waals surface area (Å²) < 4.78 is 0.913. The number of phenolic OH excluding ortho intramolecular Hbond substituents is 1. The molecule has 0 aliphatic carbocycles. The second-order valence-electron chi connectivity index (χ2n) is 2.91. The molecule has 1 atom stereocenters. The Balaban J connectivity index is 2.93. The molecule has 0 aliphatic rings. The van der Waals surface area contributed by atoms with Crippen molar-refractivity contribution in [2.45, 2.75) is 12.5 Å². The molecule has 1 aromatic rings. The minimum Gasteiger partial charge on any atom is -0.508 e. The zero-order chi connectivity index (χ0) is 10.7. The third kappa shape index (κ3) is 2.85. The highest BCUT2D eigenvalue weighted by molar-refractivity contribution is 14.1. The summed E-state index contributed by atoms with van der Waals surface area (Å²) in [6.45, 7) is 0. The number of phenols is 1. The van der Waals surface area contributed by atoms with E-state index >= 15 is 0 Å². The van der Waals surface area contributed by atoms with Crippen LogP contribution in [0.15, 0.2) is 18.2 Å². The number of carbonyl (C=O) groups is 1. The number of aliphatic carboxylic acids is 1. The third-order valence-electron chi connectivity index (χ3n) is 1.78. The van der Waals surface area contributed by atoms with Crippen LogP contribution < -0.4 is 5.73 Å². The molecule has 5 heteroatoms. The van der Waals surface area contributed by atoms with Gasteiger partial charge < -0.3 is 15.9 Å². The molecule has 0 radical (unpaired) electrons. The molecule has 0 fully saturated rings. The van der Waals surface area contributed by atoms with E-state index in [1.54, 1.807) is 12.1 Å². The van der Waals surface area contributed by atoms with Crippen LogP contribution in [0.4, 0.5) is 0 Å². The van der Waals surface area contributed by atoms with Gasteiger partial charge in [0.2, 0.25) is 0 Å². The number of carboxylic acids is 1. The molecule has 0 aromatic heterocycles. The van der Waals surface area contributed by atoms with E-state index in [4.69, 9.17) is 10.8 Å². The lowest BCUT2D eigenvalue weighted by molar-refractivity contribution is -0.137. The van der Waals surface area contributed by atoms with E-state index in [1.807, 2.05) is 0 Å². The molecule has 1 rings (SSSR count). The van der Waals surface area contributed by atoms with Gasteiger partial charge >= 0.3 is 5.97 Å². The molecule has 14 heavy (non-hydrogen) atoms. The first-order valence-corrected chi connectivity index (χ1v) is 5.04. The van der Waals surface area contributed by atoms with E-state index in [0.717, 1.165) is 3.57 Å². The number of rotatable bonds is 3. The Hall–Kier alpha value is -0.820. The average molecular weight is 307 g/mol. The van der Waals surface area contributed by atoms with Crippen LogP contribution in [-0.2, 0) is 4.79 Å². The molecular formula is C9H10INO3. The van der Waals surface area contributed by atoms with Crippen LogP contribution in [0.5, 0.6) is 5.75 Å². The first-order chi connectivity index (χ1) is 6.50. The first-order valence-electron chi connectivity index (χ1n) is 3.96. The normalized spacial score (nSPS) is 12.4. The maximum atomic E-state index is 10.4. The number of aromatic hydroxyl groups is 1. The summed E-state index contributed by atoms with van der Waals surface area (Å²) in [5.74, 6) is -0.935. The number of hydrogen-bond donors (Lipinski definition) is 3. The molecule has 0 heterocycles. The van der Waals surface area contributed by atoms with Crippen LogP contribution in [0.2, 0.25) is 0 Å². The highest BCUT2D eigenvalue weighted by Gasteiger charge is 2.14. The topological polar surface area (TPSA) is 83.6 Å². The Morgan fingerprint density at radius 3 is 2.79 bits per heavy atom. The van der Waals surface area contributed by atoms with Crippen molar-refractivity contribution in [2.75, 3.05) is 0 Å². The van der Waals surface area contributed by atoms with Crippen LogP contribution in [0.1, 0.15) is 18.0 Å². The molecule has 1 unspecified atom stereocenters. The Morgan fingerprint density at radius 2 is 2.21 bits per heavy atom. The zero-order valence-corrected chi connectivity index (χ0v) is 9.43. The molecule has 0 aliphatic heterocycles. The Bertz CT molecular complexity index is 354. The zero-order valence-electron chi connectivity index (χ0n) is 7.27. The van der Waals surface area contributed by atoms with Crippen LogP contribution in [0.25, 0.3) is 0 Å². The summed E-state index contributed by atoms with van der Waals surface area (Å²) in [5, 5.41) is 18.0. The maximum Gasteiger partial charge on any atom is 0.305 e. The van der Waals surface area contributed by atoms with Gasteiger partial charge in [0.15, 0.2) is 0 Å². The molecule has 0 saturated carbocycles. The lowest BCUT2D eigenvalue weighted by atomic mass is 10.0. The largest absolute Gasteiger partial charge is 0.508 e. The quantitative estimate of drug-likeness (QED) is 0.739. The molecule has 4 nitrogen and oxygen atoms in total. The predicted octanol–water partition coefficient (Wildman–Crippen LogP) is 1.47. The van der Waals surface area contributed by atoms with E-state index < -0.39 is 12.0 Å². The lowest BCUT2D eigenvalue weighted by Gasteiger charge is -2.11. The molecule has 76 valence electrons. The molecule has 0 spiro atoms. The molecule has 0 amide bonds. The van der Waals surface area contributed by atoms with Gasteiger partial charge in [0.25, 0.3) is 0 Å². The molecule has 0 bridgehead atoms. The number of benzene rings is 1. The second-order valence-corrected chi connectivity index (χ2v) is 4.15. The number of halogens is 1. The molecule has 4 N–H and O–H groups in total. The van der Waals surface area contributed by atoms with E-state index in [0.29, 0.717) is 5.56 Å². The fourth-order valence-corrected chi connectivity index (χ4v) is 1.64. The molecule has 1 aromatic carbocycles. The van der Waals surface area contributed by atoms with E-state index in [9.17, 15) is 9.90 Å². The Labute approximate surface area is 94.9 Å². The first kappa shape index (κ1) is 11.3. The van der Waals surface area contributed by atoms with Gasteiger partial charge in [-0.2, -0.15) is 0 Å². The van der Waals surface area contributed by atoms with Crippen molar-refractivity contribution < 1.29 is 15.0 Å². The van der Waals surface area contributed by atoms with Gasteiger partial charge in [-0.05, 0) is 40.8 Å². The standard InChI is InChI=1S/C9H10INO3/c10-5-1-2-8(12)6(3-5)7(11)4-9(13)14/h1-3,7,12H,4,11H2,(H,13,14). The fraction of sp³-hybridized carbons (Fsp3) is 0.222. The fourth-order valence-electron chi connectivity index (χ4n) is 1.12. The predicted molar refractivity (Wildman–Crippen MR) is 60.0 cm³/mol. The van der Waals surface area contributed by atoms with Gasteiger partial charge in [-0.1, -0.05) is 0 Å². The van der Waals surface area contributed by atoms with Gasteiger partial charge in [-0.3, -0.25) is 4.79 Å². The lowest BCUT2D eigenvalue weighted by Crippen LogP contribution is -2.15. The van der Waals surface area contributed by atoms with Crippen molar-refractivity contribution in [3.8, 4) is 5.75 Å². The number of nitrogens with two attached hydrogens (primary N) is 1. The van der Waals surface area contributed by atoms with Crippen LogP contribution in [-0.4, -0.2) is 16.2 Å². The van der Waals surface area contributed by atoms with E-state index in [2.05, 4.69) is 22.6 Å². The molecule has 0 saturated heterocycles. The summed E-state index contributed by atoms with van der Waals surface area (Å²) in [5.41, 5.74) is 6.09. The number of hydrogen-bond acceptors (Lipinski definition) is 3. The van der Waals surface area contributed by atoms with Gasteiger partial charge in [-0.25, -0.2) is 0 Å². The molecular weight excluding hydrogens is 297 g/mol. The van der Waals surface area contributed by atoms with Crippen molar-refractivity contribution in [2.24, 2.45) is 5.73 Å². The van der Waals surface area contributed by atoms with Gasteiger partial charge in [0.1, 0.15) is 5.75 Å². The van der Waals surface area contributed by atoms with Gasteiger partial charge in [0.05, 0.1) is 6.42 Å². The summed E-state index contributed by atoms with van der Waals surface area (Å²) in [4.78, 5) is 10.4. The Kier molecular flexibility index (Phi) is 3.70. The highest BCUT2D eigenvalue weighted by Crippen LogP contribution is 2.26. The van der Waals surface area contributed by atoms with Crippen molar-refractivity contribution in [3.05, 3.63) is 27.3 Å². The smallest absolute Gasteiger partial charge is 0.305 e. The Morgan fingerprint density at radius 1 is 1.57 bits per heavy atom. The maximum absolute atomic E-state index is 10.4. The second kappa shape index (κ2) is 4.61. The van der Waals surface area contributed by atoms with E-state index in [1.165, 1.54) is 6.07 Å². The van der Waals surface area contributed by atoms with Crippen molar-refractivity contribution in [1.82, 2.24) is 0 Å². The van der Waals surface area contributed by atoms with Gasteiger partial charge in [0, 0.05) is 15.2 Å². The minimum absolute atomic E-state index is 0.0409. The summed E-state index contributed by atoms with van der Waals surface area (Å²) in [6, 6.07) is 4.26. The van der Waals surface area contributed by atoms with Crippen LogP contribution >= 0.6 is 22.6 Å². The third-order valence-corrected chi connectivity index (χ3v) is 2.45. The minimum atomic E-state index is -0.976. The van der Waals surface area contributed by atoms with Crippen molar-refractivity contribution >= 4 is 28.6 Å². The van der Waals surface area contributed by atoms with Crippen LogP contribution in [0, 0.1) is 3.57 Å². The summed E-state index contributed by atoms with van der Waals surface area (Å²) in [6.07, 6.45) is -0.187. The van der Waals surface area contributed by atoms with Crippen molar-refractivity contribution in [3.63, 3.8) is 0 Å². The SMILES string of the molecule is NC(CC(=O)O)c1cc(I)ccc1O. The summed E-state index contributed by atoms with van der Waals surface area (Å²) in [7, 11) is 0. The number of carboxylic acid groups (broad SMARTS) is 1. The van der Waals surface area contributed by atoms with Gasteiger partial charge in [-0.15, -0.1) is 0 Å². The van der Waals surface area contributed by atoms with Crippen LogP contribution in [0.3, 0.4) is 0 Å². The van der Waals surface area contributed by atoms with E-state index in [-0.39, 0.29) is 12.2 Å². The monoisotopic (exact) mass is 307 g/mol. The summed E-state index contributed by atoms with van der Waals surface area (Å²) >= 11 is 2.08.